The van der Waals surface area contributed by atoms with Crippen LogP contribution in [-0.2, 0) is 12.3 Å². The monoisotopic (exact) mass is 352 g/mol. The SMILES string of the molecule is CC(Cc1ccco1)n1c(CCl)nc2cc(Br)ccc21. The smallest absolute Gasteiger partial charge is 0.125 e. The van der Waals surface area contributed by atoms with Crippen molar-refractivity contribution in [2.24, 2.45) is 0 Å². The molecule has 1 unspecified atom stereocenters. The Balaban J connectivity index is 2.04. The molecule has 2 heterocycles. The van der Waals surface area contributed by atoms with E-state index in [0.717, 1.165) is 33.5 Å². The molecule has 0 radical (unpaired) electrons. The maximum atomic E-state index is 6.05. The predicted molar refractivity (Wildman–Crippen MR) is 84.1 cm³/mol. The van der Waals surface area contributed by atoms with Crippen molar-refractivity contribution in [2.45, 2.75) is 25.3 Å². The molecule has 0 saturated carbocycles. The van der Waals surface area contributed by atoms with Crippen LogP contribution in [0.5, 0.6) is 0 Å². The number of furan rings is 1. The molecule has 20 heavy (non-hydrogen) atoms. The summed E-state index contributed by atoms with van der Waals surface area (Å²) in [5.74, 6) is 2.25. The lowest BCUT2D eigenvalue weighted by molar-refractivity contribution is 0.449. The van der Waals surface area contributed by atoms with E-state index in [4.69, 9.17) is 16.0 Å². The lowest BCUT2D eigenvalue weighted by atomic mass is 10.2. The van der Waals surface area contributed by atoms with Gasteiger partial charge in [0.15, 0.2) is 0 Å². The molecule has 0 fully saturated rings. The quantitative estimate of drug-likeness (QED) is 0.622. The van der Waals surface area contributed by atoms with Crippen LogP contribution in [0.4, 0.5) is 0 Å². The average molecular weight is 354 g/mol. The zero-order valence-corrected chi connectivity index (χ0v) is 13.4. The number of imidazole rings is 1. The first-order valence-electron chi connectivity index (χ1n) is 6.43. The van der Waals surface area contributed by atoms with Gasteiger partial charge < -0.3 is 8.98 Å². The van der Waals surface area contributed by atoms with Crippen LogP contribution in [0.3, 0.4) is 0 Å². The Hall–Kier alpha value is -1.26. The highest BCUT2D eigenvalue weighted by atomic mass is 79.9. The van der Waals surface area contributed by atoms with Gasteiger partial charge in [-0.15, -0.1) is 11.6 Å². The first-order valence-corrected chi connectivity index (χ1v) is 7.76. The van der Waals surface area contributed by atoms with Gasteiger partial charge in [0.25, 0.3) is 0 Å². The third-order valence-corrected chi connectivity index (χ3v) is 4.09. The fourth-order valence-electron chi connectivity index (χ4n) is 2.52. The molecule has 104 valence electrons. The molecular weight excluding hydrogens is 340 g/mol. The Morgan fingerprint density at radius 3 is 2.95 bits per heavy atom. The topological polar surface area (TPSA) is 31.0 Å². The highest BCUT2D eigenvalue weighted by molar-refractivity contribution is 9.10. The van der Waals surface area contributed by atoms with Crippen LogP contribution in [0.2, 0.25) is 0 Å². The van der Waals surface area contributed by atoms with Crippen LogP contribution in [0.25, 0.3) is 11.0 Å². The summed E-state index contributed by atoms with van der Waals surface area (Å²) in [7, 11) is 0. The third-order valence-electron chi connectivity index (χ3n) is 3.36. The van der Waals surface area contributed by atoms with Gasteiger partial charge in [0.1, 0.15) is 11.6 Å². The molecule has 0 N–H and O–H groups in total. The maximum Gasteiger partial charge on any atom is 0.125 e. The van der Waals surface area contributed by atoms with E-state index in [-0.39, 0.29) is 6.04 Å². The second-order valence-corrected chi connectivity index (χ2v) is 5.98. The van der Waals surface area contributed by atoms with E-state index >= 15 is 0 Å². The van der Waals surface area contributed by atoms with Gasteiger partial charge >= 0.3 is 0 Å². The zero-order chi connectivity index (χ0) is 14.1. The summed E-state index contributed by atoms with van der Waals surface area (Å²) < 4.78 is 8.65. The number of benzene rings is 1. The fraction of sp³-hybridized carbons (Fsp3) is 0.267. The normalized spacial score (nSPS) is 12.9. The molecule has 0 aliphatic carbocycles. The van der Waals surface area contributed by atoms with E-state index in [9.17, 15) is 0 Å². The molecule has 0 aliphatic heterocycles. The molecule has 2 aromatic heterocycles. The van der Waals surface area contributed by atoms with Crippen LogP contribution in [0.1, 0.15) is 24.6 Å². The van der Waals surface area contributed by atoms with Gasteiger partial charge in [-0.25, -0.2) is 4.98 Å². The lowest BCUT2D eigenvalue weighted by Crippen LogP contribution is -2.10. The van der Waals surface area contributed by atoms with Gasteiger partial charge in [0.05, 0.1) is 23.2 Å². The lowest BCUT2D eigenvalue weighted by Gasteiger charge is -2.15. The molecule has 0 amide bonds. The summed E-state index contributed by atoms with van der Waals surface area (Å²) in [6, 6.07) is 10.3. The van der Waals surface area contributed by atoms with Crippen molar-refractivity contribution < 1.29 is 4.42 Å². The van der Waals surface area contributed by atoms with Crippen molar-refractivity contribution in [2.75, 3.05) is 0 Å². The van der Waals surface area contributed by atoms with Crippen molar-refractivity contribution in [1.82, 2.24) is 9.55 Å². The molecule has 3 rings (SSSR count). The number of hydrogen-bond donors (Lipinski definition) is 0. The van der Waals surface area contributed by atoms with Crippen LogP contribution < -0.4 is 0 Å². The second kappa shape index (κ2) is 5.62. The largest absolute Gasteiger partial charge is 0.469 e. The maximum absolute atomic E-state index is 6.05. The Kier molecular flexibility index (Phi) is 3.85. The van der Waals surface area contributed by atoms with E-state index in [0.29, 0.717) is 5.88 Å². The second-order valence-electron chi connectivity index (χ2n) is 4.80. The molecular formula is C15H14BrClN2O. The molecule has 3 nitrogen and oxygen atoms in total. The van der Waals surface area contributed by atoms with Crippen molar-refractivity contribution in [3.63, 3.8) is 0 Å². The molecule has 0 aliphatic rings. The van der Waals surface area contributed by atoms with Crippen LogP contribution in [-0.4, -0.2) is 9.55 Å². The molecule has 0 bridgehead atoms. The Labute approximate surface area is 130 Å². The minimum absolute atomic E-state index is 0.237. The molecule has 0 spiro atoms. The molecule has 1 atom stereocenters. The first kappa shape index (κ1) is 13.7. The van der Waals surface area contributed by atoms with Gasteiger partial charge in [0.2, 0.25) is 0 Å². The van der Waals surface area contributed by atoms with Crippen molar-refractivity contribution >= 4 is 38.6 Å². The van der Waals surface area contributed by atoms with E-state index in [2.05, 4.69) is 38.5 Å². The summed E-state index contributed by atoms with van der Waals surface area (Å²) in [4.78, 5) is 4.61. The standard InChI is InChI=1S/C15H14BrClN2O/c1-10(7-12-3-2-6-20-12)19-14-5-4-11(16)8-13(14)18-15(19)9-17/h2-6,8,10H,7,9H2,1H3. The van der Waals surface area contributed by atoms with Gasteiger partial charge in [-0.2, -0.15) is 0 Å². The highest BCUT2D eigenvalue weighted by Crippen LogP contribution is 2.27. The van der Waals surface area contributed by atoms with E-state index in [1.165, 1.54) is 0 Å². The van der Waals surface area contributed by atoms with E-state index in [1.807, 2.05) is 24.3 Å². The van der Waals surface area contributed by atoms with Crippen LogP contribution in [0, 0.1) is 0 Å². The number of aromatic nitrogens is 2. The van der Waals surface area contributed by atoms with Gasteiger partial charge in [-0.3, -0.25) is 0 Å². The minimum Gasteiger partial charge on any atom is -0.469 e. The van der Waals surface area contributed by atoms with E-state index < -0.39 is 0 Å². The molecule has 0 saturated heterocycles. The minimum atomic E-state index is 0.237. The average Bonchev–Trinajstić information content (AvgIpc) is 3.04. The number of hydrogen-bond acceptors (Lipinski definition) is 2. The van der Waals surface area contributed by atoms with Gasteiger partial charge in [0, 0.05) is 16.9 Å². The Morgan fingerprint density at radius 1 is 1.40 bits per heavy atom. The van der Waals surface area contributed by atoms with Crippen LogP contribution >= 0.6 is 27.5 Å². The van der Waals surface area contributed by atoms with E-state index in [1.54, 1.807) is 6.26 Å². The van der Waals surface area contributed by atoms with Crippen molar-refractivity contribution in [1.29, 1.82) is 0 Å². The summed E-state index contributed by atoms with van der Waals surface area (Å²) in [5, 5.41) is 0. The third kappa shape index (κ3) is 2.50. The summed E-state index contributed by atoms with van der Waals surface area (Å²) in [6.07, 6.45) is 2.52. The number of rotatable bonds is 4. The van der Waals surface area contributed by atoms with Crippen molar-refractivity contribution in [3.8, 4) is 0 Å². The zero-order valence-electron chi connectivity index (χ0n) is 11.0. The fourth-order valence-corrected chi connectivity index (χ4v) is 3.06. The van der Waals surface area contributed by atoms with Crippen molar-refractivity contribution in [3.05, 3.63) is 52.7 Å². The summed E-state index contributed by atoms with van der Waals surface area (Å²) >= 11 is 9.53. The molecule has 3 aromatic rings. The summed E-state index contributed by atoms with van der Waals surface area (Å²) in [5.41, 5.74) is 2.06. The van der Waals surface area contributed by atoms with Crippen LogP contribution in [0.15, 0.2) is 45.5 Å². The summed E-state index contributed by atoms with van der Waals surface area (Å²) in [6.45, 7) is 2.15. The number of alkyl halides is 1. The van der Waals surface area contributed by atoms with Gasteiger partial charge in [-0.1, -0.05) is 15.9 Å². The number of fused-ring (bicyclic) bond motifs is 1. The number of halogens is 2. The molecule has 5 heteroatoms. The first-order chi connectivity index (χ1) is 9.69. The predicted octanol–water partition coefficient (Wildman–Crippen LogP) is 4.93. The Bertz CT molecular complexity index is 721. The Morgan fingerprint density at radius 2 is 2.25 bits per heavy atom. The highest BCUT2D eigenvalue weighted by Gasteiger charge is 2.16. The van der Waals surface area contributed by atoms with Gasteiger partial charge in [-0.05, 0) is 37.3 Å². The molecule has 1 aromatic carbocycles. The number of nitrogens with zero attached hydrogens (tertiary/aromatic N) is 2.